The molecule has 0 aliphatic rings. The number of primary sulfonamides is 1. The Morgan fingerprint density at radius 3 is 2.00 bits per heavy atom. The molecule has 0 radical (unpaired) electrons. The average Bonchev–Trinajstić information content (AvgIpc) is 2.55. The molecule has 1 unspecified atom stereocenters. The smallest absolute Gasteiger partial charge is 0.225 e. The number of sulfonamides is 2. The van der Waals surface area contributed by atoms with Crippen molar-refractivity contribution >= 4 is 36.0 Å². The molecule has 0 spiro atoms. The summed E-state index contributed by atoms with van der Waals surface area (Å²) >= 11 is 3.35. The largest absolute Gasteiger partial charge is 0.243 e. The lowest BCUT2D eigenvalue weighted by molar-refractivity contribution is 0.398. The molecule has 6 nitrogen and oxygen atoms in total. The van der Waals surface area contributed by atoms with Crippen molar-refractivity contribution in [1.29, 1.82) is 0 Å². The van der Waals surface area contributed by atoms with Crippen LogP contribution in [0.4, 0.5) is 0 Å². The van der Waals surface area contributed by atoms with Gasteiger partial charge in [-0.3, -0.25) is 0 Å². The van der Waals surface area contributed by atoms with Crippen LogP contribution >= 0.6 is 15.9 Å². The Kier molecular flexibility index (Phi) is 5.75. The Hall–Kier alpha value is -1.26. The molecule has 2 rings (SSSR count). The summed E-state index contributed by atoms with van der Waals surface area (Å²) in [4.78, 5) is 0.182. The Balaban J connectivity index is 2.35. The second-order valence-electron chi connectivity index (χ2n) is 5.72. The number of hydrogen-bond acceptors (Lipinski definition) is 4. The van der Waals surface area contributed by atoms with Crippen molar-refractivity contribution < 1.29 is 16.8 Å². The molecule has 2 aromatic rings. The third-order valence-electron chi connectivity index (χ3n) is 4.04. The van der Waals surface area contributed by atoms with E-state index in [1.54, 1.807) is 37.3 Å². The lowest BCUT2D eigenvalue weighted by Gasteiger charge is -2.25. The quantitative estimate of drug-likeness (QED) is 0.762. The fourth-order valence-electron chi connectivity index (χ4n) is 2.30. The molecule has 2 aromatic carbocycles. The molecule has 0 bridgehead atoms. The van der Waals surface area contributed by atoms with Gasteiger partial charge in [-0.05, 0) is 55.3 Å². The Labute approximate surface area is 156 Å². The van der Waals surface area contributed by atoms with Crippen LogP contribution in [0, 0.1) is 6.92 Å². The van der Waals surface area contributed by atoms with Gasteiger partial charge < -0.3 is 0 Å². The standard InChI is InChI=1S/C16H19BrN2O4S2/c1-11-10-15(8-9-16(11)17)25(22,23)19(3)12(2)13-4-6-14(7-5-13)24(18,20)21/h4-10,12H,1-3H3,(H2,18,20,21). The van der Waals surface area contributed by atoms with Gasteiger partial charge in [0, 0.05) is 17.6 Å². The van der Waals surface area contributed by atoms with E-state index in [0.717, 1.165) is 10.0 Å². The molecule has 2 N–H and O–H groups in total. The third-order valence-corrected chi connectivity index (χ3v) is 7.79. The number of hydrogen-bond donors (Lipinski definition) is 1. The number of nitrogens with zero attached hydrogens (tertiary/aromatic N) is 1. The van der Waals surface area contributed by atoms with E-state index in [0.29, 0.717) is 5.56 Å². The molecule has 0 amide bonds. The van der Waals surface area contributed by atoms with Gasteiger partial charge in [0.15, 0.2) is 0 Å². The molecule has 9 heteroatoms. The summed E-state index contributed by atoms with van der Waals surface area (Å²) in [5.41, 5.74) is 1.48. The Morgan fingerprint density at radius 1 is 1.00 bits per heavy atom. The number of aryl methyl sites for hydroxylation is 1. The molecule has 0 saturated carbocycles. The minimum absolute atomic E-state index is 0.0162. The molecule has 0 aliphatic carbocycles. The summed E-state index contributed by atoms with van der Waals surface area (Å²) in [5, 5.41) is 5.08. The second-order valence-corrected chi connectivity index (χ2v) is 10.1. The summed E-state index contributed by atoms with van der Waals surface area (Å²) < 4.78 is 50.4. The van der Waals surface area contributed by atoms with Crippen molar-refractivity contribution in [1.82, 2.24) is 4.31 Å². The van der Waals surface area contributed by atoms with E-state index in [4.69, 9.17) is 5.14 Å². The number of halogens is 1. The lowest BCUT2D eigenvalue weighted by Crippen LogP contribution is -2.30. The van der Waals surface area contributed by atoms with Crippen LogP contribution in [0.3, 0.4) is 0 Å². The molecular weight excluding hydrogens is 428 g/mol. The van der Waals surface area contributed by atoms with E-state index in [-0.39, 0.29) is 9.79 Å². The summed E-state index contributed by atoms with van der Waals surface area (Å²) in [6.45, 7) is 3.55. The maximum absolute atomic E-state index is 12.8. The summed E-state index contributed by atoms with van der Waals surface area (Å²) in [6.07, 6.45) is 0. The van der Waals surface area contributed by atoms with Crippen molar-refractivity contribution in [3.8, 4) is 0 Å². The summed E-state index contributed by atoms with van der Waals surface area (Å²) in [7, 11) is -5.99. The predicted octanol–water partition coefficient (Wildman–Crippen LogP) is 2.79. The fourth-order valence-corrected chi connectivity index (χ4v) is 4.50. The maximum atomic E-state index is 12.8. The summed E-state index contributed by atoms with van der Waals surface area (Å²) in [5.74, 6) is 0. The zero-order valence-corrected chi connectivity index (χ0v) is 17.2. The molecule has 25 heavy (non-hydrogen) atoms. The van der Waals surface area contributed by atoms with Gasteiger partial charge in [0.1, 0.15) is 0 Å². The van der Waals surface area contributed by atoms with E-state index in [1.165, 1.54) is 23.5 Å². The van der Waals surface area contributed by atoms with E-state index in [9.17, 15) is 16.8 Å². The highest BCUT2D eigenvalue weighted by molar-refractivity contribution is 9.10. The average molecular weight is 447 g/mol. The van der Waals surface area contributed by atoms with Crippen LogP contribution < -0.4 is 5.14 Å². The highest BCUT2D eigenvalue weighted by atomic mass is 79.9. The van der Waals surface area contributed by atoms with E-state index in [2.05, 4.69) is 15.9 Å². The molecule has 136 valence electrons. The van der Waals surface area contributed by atoms with Gasteiger partial charge in [-0.2, -0.15) is 4.31 Å². The summed E-state index contributed by atoms with van der Waals surface area (Å²) in [6, 6.07) is 10.2. The SMILES string of the molecule is Cc1cc(S(=O)(=O)N(C)C(C)c2ccc(S(N)(=O)=O)cc2)ccc1Br. The van der Waals surface area contributed by atoms with Crippen molar-refractivity contribution in [3.63, 3.8) is 0 Å². The zero-order chi connectivity index (χ0) is 19.0. The van der Waals surface area contributed by atoms with Crippen LogP contribution in [0.25, 0.3) is 0 Å². The monoisotopic (exact) mass is 446 g/mol. The first-order valence-electron chi connectivity index (χ1n) is 7.31. The highest BCUT2D eigenvalue weighted by Gasteiger charge is 2.26. The van der Waals surface area contributed by atoms with Crippen LogP contribution in [0.15, 0.2) is 56.7 Å². The first-order chi connectivity index (χ1) is 11.4. The predicted molar refractivity (Wildman–Crippen MR) is 100 cm³/mol. The molecule has 0 saturated heterocycles. The van der Waals surface area contributed by atoms with Crippen LogP contribution in [0.2, 0.25) is 0 Å². The molecular formula is C16H19BrN2O4S2. The molecule has 0 heterocycles. The highest BCUT2D eigenvalue weighted by Crippen LogP contribution is 2.28. The fraction of sp³-hybridized carbons (Fsp3) is 0.250. The minimum atomic E-state index is -3.78. The van der Waals surface area contributed by atoms with Crippen molar-refractivity contribution in [2.45, 2.75) is 29.7 Å². The number of nitrogens with two attached hydrogens (primary N) is 1. The van der Waals surface area contributed by atoms with Gasteiger partial charge in [-0.25, -0.2) is 22.0 Å². The van der Waals surface area contributed by atoms with Crippen molar-refractivity contribution in [2.75, 3.05) is 7.05 Å². The van der Waals surface area contributed by atoms with Crippen LogP contribution in [0.5, 0.6) is 0 Å². The molecule has 0 fully saturated rings. The van der Waals surface area contributed by atoms with Crippen LogP contribution in [-0.2, 0) is 20.0 Å². The van der Waals surface area contributed by atoms with E-state index < -0.39 is 26.1 Å². The maximum Gasteiger partial charge on any atom is 0.243 e. The topological polar surface area (TPSA) is 97.5 Å². The van der Waals surface area contributed by atoms with Gasteiger partial charge in [-0.15, -0.1) is 0 Å². The van der Waals surface area contributed by atoms with E-state index in [1.807, 2.05) is 6.92 Å². The van der Waals surface area contributed by atoms with Crippen molar-refractivity contribution in [3.05, 3.63) is 58.1 Å². The van der Waals surface area contributed by atoms with Crippen LogP contribution in [-0.4, -0.2) is 28.2 Å². The second kappa shape index (κ2) is 7.16. The number of benzene rings is 2. The first-order valence-corrected chi connectivity index (χ1v) is 11.1. The minimum Gasteiger partial charge on any atom is -0.225 e. The molecule has 0 aromatic heterocycles. The van der Waals surface area contributed by atoms with E-state index >= 15 is 0 Å². The lowest BCUT2D eigenvalue weighted by atomic mass is 10.1. The van der Waals surface area contributed by atoms with Gasteiger partial charge in [0.2, 0.25) is 20.0 Å². The third kappa shape index (κ3) is 4.29. The normalized spacial score (nSPS) is 13.8. The number of rotatable bonds is 5. The Bertz CT molecular complexity index is 987. The van der Waals surface area contributed by atoms with Gasteiger partial charge >= 0.3 is 0 Å². The first kappa shape index (κ1) is 20.1. The van der Waals surface area contributed by atoms with Gasteiger partial charge in [0.25, 0.3) is 0 Å². The molecule has 0 aliphatic heterocycles. The molecule has 1 atom stereocenters. The Morgan fingerprint density at radius 2 is 1.52 bits per heavy atom. The van der Waals surface area contributed by atoms with Crippen LogP contribution in [0.1, 0.15) is 24.1 Å². The van der Waals surface area contributed by atoms with Crippen molar-refractivity contribution in [2.24, 2.45) is 5.14 Å². The van der Waals surface area contributed by atoms with Gasteiger partial charge in [-0.1, -0.05) is 28.1 Å². The van der Waals surface area contributed by atoms with Gasteiger partial charge in [0.05, 0.1) is 9.79 Å². The zero-order valence-electron chi connectivity index (χ0n) is 14.0.